The van der Waals surface area contributed by atoms with Crippen LogP contribution in [0.3, 0.4) is 0 Å². The number of rotatable bonds is 6. The molecule has 3 aromatic rings. The van der Waals surface area contributed by atoms with Crippen LogP contribution < -0.4 is 9.84 Å². The smallest absolute Gasteiger partial charge is 0.132 e. The van der Waals surface area contributed by atoms with Crippen molar-refractivity contribution in [2.75, 3.05) is 0 Å². The Hall–Kier alpha value is -2.51. The van der Waals surface area contributed by atoms with E-state index in [2.05, 4.69) is 4.98 Å². The number of aromatic nitrogens is 1. The lowest BCUT2D eigenvalue weighted by molar-refractivity contribution is -0.304. The molecule has 1 aromatic heterocycles. The maximum absolute atomic E-state index is 13.8. The van der Waals surface area contributed by atoms with Crippen LogP contribution in [0.4, 0.5) is 8.78 Å². The Kier molecular flexibility index (Phi) is 5.49. The molecular weight excluding hydrogens is 384 g/mol. The summed E-state index contributed by atoms with van der Waals surface area (Å²) in [5, 5.41) is 13.3. The summed E-state index contributed by atoms with van der Waals surface area (Å²) in [6.07, 6.45) is -0.298. The van der Waals surface area contributed by atoms with Crippen LogP contribution >= 0.6 is 22.9 Å². The van der Waals surface area contributed by atoms with Gasteiger partial charge in [0.25, 0.3) is 0 Å². The average Bonchev–Trinajstić information content (AvgIpc) is 3.02. The van der Waals surface area contributed by atoms with E-state index in [4.69, 9.17) is 16.3 Å². The molecule has 0 bridgehead atoms. The molecule has 0 fully saturated rings. The van der Waals surface area contributed by atoms with Gasteiger partial charge in [-0.1, -0.05) is 11.6 Å². The van der Waals surface area contributed by atoms with E-state index in [1.165, 1.54) is 17.4 Å². The van der Waals surface area contributed by atoms with Gasteiger partial charge in [0.1, 0.15) is 29.0 Å². The molecule has 0 amide bonds. The van der Waals surface area contributed by atoms with E-state index in [1.54, 1.807) is 23.6 Å². The fraction of sp³-hybridized carbons (Fsp3) is 0.111. The van der Waals surface area contributed by atoms with E-state index in [0.717, 1.165) is 12.1 Å². The van der Waals surface area contributed by atoms with Gasteiger partial charge in [0.05, 0.1) is 11.3 Å². The molecule has 0 N–H and O–H groups in total. The van der Waals surface area contributed by atoms with E-state index in [9.17, 15) is 18.7 Å². The van der Waals surface area contributed by atoms with Crippen molar-refractivity contribution >= 4 is 28.9 Å². The summed E-state index contributed by atoms with van der Waals surface area (Å²) in [6, 6.07) is 8.09. The minimum absolute atomic E-state index is 0.113. The molecular formula is C18H11ClF2NO3S-. The Bertz CT molecular complexity index is 961. The Morgan fingerprint density at radius 2 is 2.04 bits per heavy atom. The number of ether oxygens (including phenoxy) is 1. The van der Waals surface area contributed by atoms with Gasteiger partial charge in [-0.05, 0) is 30.3 Å². The number of carboxylic acids is 1. The Balaban J connectivity index is 1.86. The van der Waals surface area contributed by atoms with Crippen molar-refractivity contribution in [3.05, 3.63) is 69.7 Å². The summed E-state index contributed by atoms with van der Waals surface area (Å²) in [4.78, 5) is 14.9. The third-order valence-corrected chi connectivity index (χ3v) is 4.61. The molecule has 2 aromatic carbocycles. The topological polar surface area (TPSA) is 62.2 Å². The quantitative estimate of drug-likeness (QED) is 0.640. The molecule has 0 aliphatic rings. The predicted molar refractivity (Wildman–Crippen MR) is 92.0 cm³/mol. The van der Waals surface area contributed by atoms with Crippen LogP contribution in [0, 0.1) is 11.6 Å². The van der Waals surface area contributed by atoms with Gasteiger partial charge < -0.3 is 14.6 Å². The second kappa shape index (κ2) is 7.80. The molecule has 4 nitrogen and oxygen atoms in total. The number of carboxylic acid groups (broad SMARTS) is 1. The highest BCUT2D eigenvalue weighted by Crippen LogP contribution is 2.35. The maximum atomic E-state index is 13.8. The largest absolute Gasteiger partial charge is 0.550 e. The molecule has 1 heterocycles. The van der Waals surface area contributed by atoms with E-state index in [0.29, 0.717) is 27.0 Å². The van der Waals surface area contributed by atoms with Gasteiger partial charge >= 0.3 is 0 Å². The van der Waals surface area contributed by atoms with Gasteiger partial charge in [0, 0.05) is 34.4 Å². The first-order valence-electron chi connectivity index (χ1n) is 7.43. The van der Waals surface area contributed by atoms with Gasteiger partial charge in [-0.15, -0.1) is 11.3 Å². The first kappa shape index (κ1) is 18.3. The summed E-state index contributed by atoms with van der Waals surface area (Å²) in [6.45, 7) is -0.113. The number of benzene rings is 2. The maximum Gasteiger partial charge on any atom is 0.132 e. The van der Waals surface area contributed by atoms with Gasteiger partial charge in [0.15, 0.2) is 0 Å². The average molecular weight is 395 g/mol. The zero-order valence-corrected chi connectivity index (χ0v) is 14.7. The van der Waals surface area contributed by atoms with Crippen molar-refractivity contribution in [3.63, 3.8) is 0 Å². The number of aliphatic carboxylic acids is 1. The molecule has 0 radical (unpaired) electrons. The van der Waals surface area contributed by atoms with E-state index >= 15 is 0 Å². The number of thiazole rings is 1. The summed E-state index contributed by atoms with van der Waals surface area (Å²) in [5.74, 6) is -2.20. The zero-order valence-electron chi connectivity index (χ0n) is 13.2. The predicted octanol–water partition coefficient (Wildman–Crippen LogP) is 3.61. The number of nitrogens with zero attached hydrogens (tertiary/aromatic N) is 1. The highest BCUT2D eigenvalue weighted by molar-refractivity contribution is 7.13. The molecule has 0 atom stereocenters. The molecule has 0 saturated carbocycles. The number of halogens is 3. The van der Waals surface area contributed by atoms with Crippen molar-refractivity contribution < 1.29 is 23.4 Å². The summed E-state index contributed by atoms with van der Waals surface area (Å²) in [5.41, 5.74) is 1.11. The van der Waals surface area contributed by atoms with Crippen LogP contribution in [0.2, 0.25) is 5.02 Å². The number of carbonyl (C=O) groups is 1. The highest BCUT2D eigenvalue weighted by atomic mass is 35.5. The van der Waals surface area contributed by atoms with E-state index < -0.39 is 17.6 Å². The van der Waals surface area contributed by atoms with Gasteiger partial charge in [-0.2, -0.15) is 0 Å². The molecule has 0 aliphatic heterocycles. The normalized spacial score (nSPS) is 10.7. The summed E-state index contributed by atoms with van der Waals surface area (Å²) < 4.78 is 32.4. The highest BCUT2D eigenvalue weighted by Gasteiger charge is 2.13. The van der Waals surface area contributed by atoms with Crippen LogP contribution in [0.1, 0.15) is 11.3 Å². The van der Waals surface area contributed by atoms with Crippen molar-refractivity contribution in [1.29, 1.82) is 0 Å². The Morgan fingerprint density at radius 1 is 1.23 bits per heavy atom. The number of carbonyl (C=O) groups excluding carboxylic acids is 1. The molecule has 26 heavy (non-hydrogen) atoms. The third kappa shape index (κ3) is 4.36. The number of hydrogen-bond acceptors (Lipinski definition) is 5. The summed E-state index contributed by atoms with van der Waals surface area (Å²) in [7, 11) is 0. The van der Waals surface area contributed by atoms with Crippen molar-refractivity contribution in [1.82, 2.24) is 4.98 Å². The minimum Gasteiger partial charge on any atom is -0.550 e. The van der Waals surface area contributed by atoms with Crippen LogP contribution in [0.15, 0.2) is 41.8 Å². The second-order valence-corrected chi connectivity index (χ2v) is 6.65. The first-order chi connectivity index (χ1) is 12.4. The molecule has 0 saturated heterocycles. The van der Waals surface area contributed by atoms with E-state index in [-0.39, 0.29) is 18.6 Å². The second-order valence-electron chi connectivity index (χ2n) is 5.36. The van der Waals surface area contributed by atoms with Crippen LogP contribution in [-0.4, -0.2) is 11.0 Å². The van der Waals surface area contributed by atoms with Gasteiger partial charge in [-0.25, -0.2) is 13.8 Å². The van der Waals surface area contributed by atoms with E-state index in [1.807, 2.05) is 0 Å². The molecule has 3 rings (SSSR count). The minimum atomic E-state index is -1.23. The Labute approximate surface area is 156 Å². The van der Waals surface area contributed by atoms with Crippen molar-refractivity contribution in [2.45, 2.75) is 13.0 Å². The van der Waals surface area contributed by atoms with Crippen molar-refractivity contribution in [2.24, 2.45) is 0 Å². The lowest BCUT2D eigenvalue weighted by Gasteiger charge is -2.11. The SMILES string of the molecule is O=C([O-])Cc1csc(-c2cc(Cl)ccc2OCc2ccc(F)cc2F)n1. The molecule has 8 heteroatoms. The molecule has 0 spiro atoms. The standard InChI is InChI=1S/C18H12ClF2NO3S/c19-11-2-4-16(25-8-10-1-3-12(20)6-15(10)21)14(5-11)18-22-13(9-26-18)7-17(23)24/h1-6,9H,7-8H2,(H,23,24)/p-1. The van der Waals surface area contributed by atoms with Crippen LogP contribution in [0.25, 0.3) is 10.6 Å². The Morgan fingerprint density at radius 3 is 2.77 bits per heavy atom. The molecule has 0 unspecified atom stereocenters. The number of hydrogen-bond donors (Lipinski definition) is 0. The fourth-order valence-corrected chi connectivity index (χ4v) is 3.26. The first-order valence-corrected chi connectivity index (χ1v) is 8.69. The van der Waals surface area contributed by atoms with Gasteiger partial charge in [0.2, 0.25) is 0 Å². The fourth-order valence-electron chi connectivity index (χ4n) is 2.25. The monoisotopic (exact) mass is 394 g/mol. The van der Waals surface area contributed by atoms with Gasteiger partial charge in [-0.3, -0.25) is 0 Å². The third-order valence-electron chi connectivity index (χ3n) is 3.45. The zero-order chi connectivity index (χ0) is 18.7. The lowest BCUT2D eigenvalue weighted by Crippen LogP contribution is -2.24. The lowest BCUT2D eigenvalue weighted by atomic mass is 10.2. The van der Waals surface area contributed by atoms with Crippen LogP contribution in [-0.2, 0) is 17.8 Å². The summed E-state index contributed by atoms with van der Waals surface area (Å²) >= 11 is 7.26. The molecule has 0 aliphatic carbocycles. The van der Waals surface area contributed by atoms with Crippen LogP contribution in [0.5, 0.6) is 5.75 Å². The molecule has 134 valence electrons. The van der Waals surface area contributed by atoms with Crippen molar-refractivity contribution in [3.8, 4) is 16.3 Å².